The first-order valence-electron chi connectivity index (χ1n) is 10.7. The molecule has 0 aliphatic rings. The highest BCUT2D eigenvalue weighted by Crippen LogP contribution is 2.25. The quantitative estimate of drug-likeness (QED) is 0.281. The van der Waals surface area contributed by atoms with Crippen LogP contribution in [0.4, 0.5) is 0 Å². The van der Waals surface area contributed by atoms with Crippen molar-refractivity contribution in [2.45, 2.75) is 26.7 Å². The van der Waals surface area contributed by atoms with Gasteiger partial charge in [0.25, 0.3) is 5.91 Å². The minimum atomic E-state index is -0.283. The van der Waals surface area contributed by atoms with Crippen molar-refractivity contribution in [3.63, 3.8) is 0 Å². The van der Waals surface area contributed by atoms with Gasteiger partial charge in [0.15, 0.2) is 0 Å². The van der Waals surface area contributed by atoms with Crippen LogP contribution in [0.2, 0.25) is 0 Å². The van der Waals surface area contributed by atoms with Gasteiger partial charge in [0.05, 0.1) is 29.3 Å². The second-order valence-electron chi connectivity index (χ2n) is 7.62. The Morgan fingerprint density at radius 1 is 1.09 bits per heavy atom. The van der Waals surface area contributed by atoms with E-state index in [0.717, 1.165) is 46.3 Å². The molecule has 1 N–H and O–H groups in total. The molecule has 0 bridgehead atoms. The zero-order valence-electron chi connectivity index (χ0n) is 18.2. The number of hydrazone groups is 1. The molecule has 0 unspecified atom stereocenters. The van der Waals surface area contributed by atoms with Crippen LogP contribution in [-0.4, -0.2) is 17.1 Å². The van der Waals surface area contributed by atoms with Gasteiger partial charge in [0, 0.05) is 10.9 Å². The van der Waals surface area contributed by atoms with Gasteiger partial charge >= 0.3 is 0 Å². The van der Waals surface area contributed by atoms with Crippen molar-refractivity contribution in [1.29, 1.82) is 0 Å². The molecule has 4 aromatic rings. The first kappa shape index (κ1) is 21.2. The van der Waals surface area contributed by atoms with E-state index in [-0.39, 0.29) is 5.91 Å². The molecule has 0 aliphatic heterocycles. The fourth-order valence-electron chi connectivity index (χ4n) is 3.53. The molecular formula is C27H25N3O2. The monoisotopic (exact) mass is 423 g/mol. The molecule has 2 aromatic carbocycles. The van der Waals surface area contributed by atoms with Gasteiger partial charge in [-0.25, -0.2) is 10.4 Å². The van der Waals surface area contributed by atoms with Gasteiger partial charge in [0.2, 0.25) is 0 Å². The van der Waals surface area contributed by atoms with E-state index >= 15 is 0 Å². The van der Waals surface area contributed by atoms with Crippen molar-refractivity contribution in [2.75, 3.05) is 0 Å². The maximum absolute atomic E-state index is 13.0. The molecule has 0 saturated carbocycles. The third-order valence-electron chi connectivity index (χ3n) is 5.10. The van der Waals surface area contributed by atoms with Crippen LogP contribution in [-0.2, 0) is 6.42 Å². The predicted octanol–water partition coefficient (Wildman–Crippen LogP) is 6.27. The number of aromatic nitrogens is 1. The number of pyridine rings is 1. The standard InChI is InChI=1S/C27H25N3O2/c1-3-7-20-11-13-21(14-12-20)26-17-24(23-9-4-5-10-25(23)29-26)27(31)30-28-18-19(2)16-22-8-6-15-32-22/h4-6,8-18H,3,7H2,1-2H3,(H,30,31)/b19-16+,28-18+. The summed E-state index contributed by atoms with van der Waals surface area (Å²) in [6.07, 6.45) is 7.20. The summed E-state index contributed by atoms with van der Waals surface area (Å²) < 4.78 is 5.29. The van der Waals surface area contributed by atoms with Crippen molar-refractivity contribution in [3.8, 4) is 11.3 Å². The van der Waals surface area contributed by atoms with E-state index in [0.29, 0.717) is 5.56 Å². The van der Waals surface area contributed by atoms with Crippen molar-refractivity contribution in [2.24, 2.45) is 5.10 Å². The molecule has 0 saturated heterocycles. The number of allylic oxidation sites excluding steroid dienone is 1. The van der Waals surface area contributed by atoms with E-state index in [2.05, 4.69) is 41.7 Å². The highest BCUT2D eigenvalue weighted by Gasteiger charge is 2.13. The van der Waals surface area contributed by atoms with Gasteiger partial charge in [0.1, 0.15) is 5.76 Å². The number of para-hydroxylation sites is 1. The average Bonchev–Trinajstić information content (AvgIpc) is 3.32. The number of fused-ring (bicyclic) bond motifs is 1. The normalized spacial score (nSPS) is 11.9. The van der Waals surface area contributed by atoms with Crippen LogP contribution in [0.25, 0.3) is 28.2 Å². The molecule has 0 atom stereocenters. The lowest BCUT2D eigenvalue weighted by atomic mass is 10.0. The third kappa shape index (κ3) is 5.01. The summed E-state index contributed by atoms with van der Waals surface area (Å²) in [5.74, 6) is 0.449. The maximum Gasteiger partial charge on any atom is 0.272 e. The van der Waals surface area contributed by atoms with Crippen LogP contribution in [0.3, 0.4) is 0 Å². The summed E-state index contributed by atoms with van der Waals surface area (Å²) in [4.78, 5) is 17.8. The number of nitrogens with zero attached hydrogens (tertiary/aromatic N) is 2. The van der Waals surface area contributed by atoms with Gasteiger partial charge in [-0.1, -0.05) is 55.8 Å². The molecule has 5 heteroatoms. The Kier molecular flexibility index (Phi) is 6.56. The number of hydrogen-bond donors (Lipinski definition) is 1. The van der Waals surface area contributed by atoms with Crippen molar-refractivity contribution >= 4 is 29.1 Å². The SMILES string of the molecule is CCCc1ccc(-c2cc(C(=O)N/N=C/C(C)=C/c3ccco3)c3ccccc3n2)cc1. The molecular weight excluding hydrogens is 398 g/mol. The van der Waals surface area contributed by atoms with Crippen LogP contribution < -0.4 is 5.43 Å². The summed E-state index contributed by atoms with van der Waals surface area (Å²) >= 11 is 0. The highest BCUT2D eigenvalue weighted by molar-refractivity contribution is 6.07. The number of amides is 1. The molecule has 4 rings (SSSR count). The number of benzene rings is 2. The maximum atomic E-state index is 13.0. The fraction of sp³-hybridized carbons (Fsp3) is 0.148. The van der Waals surface area contributed by atoms with E-state index in [1.165, 1.54) is 5.56 Å². The zero-order chi connectivity index (χ0) is 22.3. The first-order valence-corrected chi connectivity index (χ1v) is 10.7. The Labute approximate surface area is 187 Å². The summed E-state index contributed by atoms with van der Waals surface area (Å²) in [5.41, 5.74) is 7.83. The number of hydrogen-bond acceptors (Lipinski definition) is 4. The second-order valence-corrected chi connectivity index (χ2v) is 7.62. The molecule has 32 heavy (non-hydrogen) atoms. The molecule has 0 aliphatic carbocycles. The minimum Gasteiger partial charge on any atom is -0.465 e. The lowest BCUT2D eigenvalue weighted by molar-refractivity contribution is 0.0956. The number of furan rings is 1. The summed E-state index contributed by atoms with van der Waals surface area (Å²) in [7, 11) is 0. The third-order valence-corrected chi connectivity index (χ3v) is 5.10. The van der Waals surface area contributed by atoms with E-state index in [9.17, 15) is 4.79 Å². The van der Waals surface area contributed by atoms with Crippen molar-refractivity contribution in [1.82, 2.24) is 10.4 Å². The Morgan fingerprint density at radius 3 is 2.66 bits per heavy atom. The van der Waals surface area contributed by atoms with Gasteiger partial charge in [-0.2, -0.15) is 5.10 Å². The second kappa shape index (κ2) is 9.88. The Balaban J connectivity index is 1.61. The first-order chi connectivity index (χ1) is 15.6. The fourth-order valence-corrected chi connectivity index (χ4v) is 3.53. The largest absolute Gasteiger partial charge is 0.465 e. The summed E-state index contributed by atoms with van der Waals surface area (Å²) in [5, 5.41) is 4.90. The van der Waals surface area contributed by atoms with Gasteiger partial charge < -0.3 is 4.42 Å². The van der Waals surface area contributed by atoms with E-state index in [1.54, 1.807) is 12.5 Å². The van der Waals surface area contributed by atoms with E-state index in [4.69, 9.17) is 9.40 Å². The topological polar surface area (TPSA) is 67.5 Å². The summed E-state index contributed by atoms with van der Waals surface area (Å²) in [6, 6.07) is 21.5. The summed E-state index contributed by atoms with van der Waals surface area (Å²) in [6.45, 7) is 4.06. The number of rotatable bonds is 7. The molecule has 5 nitrogen and oxygen atoms in total. The smallest absolute Gasteiger partial charge is 0.272 e. The number of aryl methyl sites for hydroxylation is 1. The average molecular weight is 424 g/mol. The molecule has 0 radical (unpaired) electrons. The van der Waals surface area contributed by atoms with Crippen LogP contribution >= 0.6 is 0 Å². The van der Waals surface area contributed by atoms with Crippen LogP contribution in [0.1, 0.15) is 41.9 Å². The number of carbonyl (C=O) groups excluding carboxylic acids is 1. The van der Waals surface area contributed by atoms with Crippen LogP contribution in [0.5, 0.6) is 0 Å². The molecule has 2 aromatic heterocycles. The molecule has 2 heterocycles. The molecule has 0 fully saturated rings. The number of nitrogens with one attached hydrogen (secondary N) is 1. The van der Waals surface area contributed by atoms with Crippen molar-refractivity contribution < 1.29 is 9.21 Å². The van der Waals surface area contributed by atoms with Crippen LogP contribution in [0, 0.1) is 0 Å². The van der Waals surface area contributed by atoms with Crippen molar-refractivity contribution in [3.05, 3.63) is 95.5 Å². The Hall–Kier alpha value is -3.99. The van der Waals surface area contributed by atoms with Gasteiger partial charge in [-0.3, -0.25) is 4.79 Å². The lowest BCUT2D eigenvalue weighted by Crippen LogP contribution is -2.18. The Bertz CT molecular complexity index is 1270. The molecule has 1 amide bonds. The lowest BCUT2D eigenvalue weighted by Gasteiger charge is -2.09. The van der Waals surface area contributed by atoms with Gasteiger partial charge in [-0.05, 0) is 54.8 Å². The molecule has 0 spiro atoms. The molecule has 160 valence electrons. The van der Waals surface area contributed by atoms with E-state index < -0.39 is 0 Å². The number of carbonyl (C=O) groups is 1. The van der Waals surface area contributed by atoms with Gasteiger partial charge in [-0.15, -0.1) is 0 Å². The minimum absolute atomic E-state index is 0.283. The van der Waals surface area contributed by atoms with Crippen LogP contribution in [0.15, 0.2) is 88.1 Å². The predicted molar refractivity (Wildman–Crippen MR) is 129 cm³/mol. The van der Waals surface area contributed by atoms with E-state index in [1.807, 2.05) is 55.5 Å². The highest BCUT2D eigenvalue weighted by atomic mass is 16.3. The Morgan fingerprint density at radius 2 is 1.91 bits per heavy atom. The zero-order valence-corrected chi connectivity index (χ0v) is 18.2.